The second-order valence-electron chi connectivity index (χ2n) is 4.53. The molecule has 1 atom stereocenters. The van der Waals surface area contributed by atoms with E-state index in [1.54, 1.807) is 12.1 Å². The van der Waals surface area contributed by atoms with Gasteiger partial charge < -0.3 is 5.32 Å². The summed E-state index contributed by atoms with van der Waals surface area (Å²) in [4.78, 5) is 12.9. The van der Waals surface area contributed by atoms with Gasteiger partial charge in [-0.2, -0.15) is 4.80 Å². The number of aromatic nitrogens is 4. The summed E-state index contributed by atoms with van der Waals surface area (Å²) in [5, 5.41) is 14.5. The number of carbonyl (C=O) groups is 1. The molecule has 2 rings (SSSR count). The normalized spacial score (nSPS) is 12.2. The second-order valence-corrected chi connectivity index (χ2v) is 4.53. The maximum atomic E-state index is 13.1. The number of hydrogen-bond donors (Lipinski definition) is 1. The van der Waals surface area contributed by atoms with E-state index in [9.17, 15) is 9.18 Å². The molecule has 7 heteroatoms. The zero-order valence-electron chi connectivity index (χ0n) is 11.4. The standard InChI is InChI=1S/C13H16FN5O/c1-3-9(2)15-12(20)8-19-17-13(16-18-19)10-5-4-6-11(14)7-10/h4-7,9H,3,8H2,1-2H3,(H,15,20). The first-order chi connectivity index (χ1) is 9.58. The summed E-state index contributed by atoms with van der Waals surface area (Å²) >= 11 is 0. The van der Waals surface area contributed by atoms with E-state index in [-0.39, 0.29) is 24.3 Å². The first kappa shape index (κ1) is 14.1. The molecule has 0 radical (unpaired) electrons. The number of benzene rings is 1. The van der Waals surface area contributed by atoms with Crippen LogP contribution >= 0.6 is 0 Å². The first-order valence-corrected chi connectivity index (χ1v) is 6.41. The molecule has 1 heterocycles. The molecular weight excluding hydrogens is 261 g/mol. The monoisotopic (exact) mass is 277 g/mol. The highest BCUT2D eigenvalue weighted by Crippen LogP contribution is 2.14. The molecule has 1 aromatic carbocycles. The highest BCUT2D eigenvalue weighted by atomic mass is 19.1. The van der Waals surface area contributed by atoms with Crippen LogP contribution in [-0.4, -0.2) is 32.2 Å². The molecule has 0 saturated heterocycles. The van der Waals surface area contributed by atoms with Gasteiger partial charge in [0, 0.05) is 11.6 Å². The highest BCUT2D eigenvalue weighted by Gasteiger charge is 2.11. The van der Waals surface area contributed by atoms with Gasteiger partial charge in [0.1, 0.15) is 12.4 Å². The minimum atomic E-state index is -0.367. The van der Waals surface area contributed by atoms with Gasteiger partial charge in [0.05, 0.1) is 0 Å². The van der Waals surface area contributed by atoms with Gasteiger partial charge in [0.25, 0.3) is 0 Å². The highest BCUT2D eigenvalue weighted by molar-refractivity contribution is 5.75. The number of halogens is 1. The fourth-order valence-corrected chi connectivity index (χ4v) is 1.60. The third-order valence-electron chi connectivity index (χ3n) is 2.84. The lowest BCUT2D eigenvalue weighted by Crippen LogP contribution is -2.35. The van der Waals surface area contributed by atoms with Gasteiger partial charge >= 0.3 is 0 Å². The molecule has 106 valence electrons. The zero-order chi connectivity index (χ0) is 14.5. The van der Waals surface area contributed by atoms with Gasteiger partial charge in [-0.1, -0.05) is 19.1 Å². The molecule has 0 bridgehead atoms. The van der Waals surface area contributed by atoms with Gasteiger partial charge in [-0.05, 0) is 30.7 Å². The van der Waals surface area contributed by atoms with Crippen molar-refractivity contribution in [2.24, 2.45) is 0 Å². The maximum Gasteiger partial charge on any atom is 0.243 e. The van der Waals surface area contributed by atoms with Gasteiger partial charge in [0.15, 0.2) is 0 Å². The van der Waals surface area contributed by atoms with Crippen LogP contribution in [0.3, 0.4) is 0 Å². The predicted molar refractivity (Wildman–Crippen MR) is 71.1 cm³/mol. The number of carbonyl (C=O) groups excluding carboxylic acids is 1. The fraction of sp³-hybridized carbons (Fsp3) is 0.385. The van der Waals surface area contributed by atoms with Crippen LogP contribution in [0.4, 0.5) is 4.39 Å². The lowest BCUT2D eigenvalue weighted by Gasteiger charge is -2.10. The number of amides is 1. The summed E-state index contributed by atoms with van der Waals surface area (Å²) < 4.78 is 13.1. The smallest absolute Gasteiger partial charge is 0.243 e. The number of nitrogens with one attached hydrogen (secondary N) is 1. The molecular formula is C13H16FN5O. The molecule has 0 aliphatic rings. The molecule has 0 saturated carbocycles. The van der Waals surface area contributed by atoms with Gasteiger partial charge in [0.2, 0.25) is 11.7 Å². The third kappa shape index (κ3) is 3.59. The van der Waals surface area contributed by atoms with E-state index >= 15 is 0 Å². The molecule has 0 aliphatic carbocycles. The molecule has 1 unspecified atom stereocenters. The van der Waals surface area contributed by atoms with E-state index in [1.165, 1.54) is 16.9 Å². The fourth-order valence-electron chi connectivity index (χ4n) is 1.60. The topological polar surface area (TPSA) is 72.7 Å². The average Bonchev–Trinajstić information content (AvgIpc) is 2.87. The van der Waals surface area contributed by atoms with Crippen molar-refractivity contribution >= 4 is 5.91 Å². The number of nitrogens with zero attached hydrogens (tertiary/aromatic N) is 4. The van der Waals surface area contributed by atoms with E-state index < -0.39 is 0 Å². The van der Waals surface area contributed by atoms with Crippen molar-refractivity contribution in [1.82, 2.24) is 25.5 Å². The molecule has 0 aliphatic heterocycles. The number of tetrazole rings is 1. The molecule has 2 aromatic rings. The Morgan fingerprint density at radius 2 is 2.30 bits per heavy atom. The lowest BCUT2D eigenvalue weighted by atomic mass is 10.2. The quantitative estimate of drug-likeness (QED) is 0.896. The SMILES string of the molecule is CCC(C)NC(=O)Cn1nnc(-c2cccc(F)c2)n1. The van der Waals surface area contributed by atoms with E-state index in [1.807, 2.05) is 13.8 Å². The summed E-state index contributed by atoms with van der Waals surface area (Å²) in [6.07, 6.45) is 0.852. The Balaban J connectivity index is 2.04. The maximum absolute atomic E-state index is 13.1. The minimum Gasteiger partial charge on any atom is -0.352 e. The average molecular weight is 277 g/mol. The largest absolute Gasteiger partial charge is 0.352 e. The molecule has 1 aromatic heterocycles. The third-order valence-corrected chi connectivity index (χ3v) is 2.84. The van der Waals surface area contributed by atoms with Crippen LogP contribution in [-0.2, 0) is 11.3 Å². The summed E-state index contributed by atoms with van der Waals surface area (Å²) in [6, 6.07) is 6.02. The number of hydrogen-bond acceptors (Lipinski definition) is 4. The van der Waals surface area contributed by atoms with Crippen LogP contribution < -0.4 is 5.32 Å². The van der Waals surface area contributed by atoms with Crippen LogP contribution in [0.25, 0.3) is 11.4 Å². The van der Waals surface area contributed by atoms with E-state index in [0.29, 0.717) is 11.4 Å². The van der Waals surface area contributed by atoms with Crippen molar-refractivity contribution in [2.45, 2.75) is 32.9 Å². The van der Waals surface area contributed by atoms with Gasteiger partial charge in [-0.15, -0.1) is 10.2 Å². The lowest BCUT2D eigenvalue weighted by molar-refractivity contribution is -0.122. The molecule has 0 fully saturated rings. The van der Waals surface area contributed by atoms with E-state index in [4.69, 9.17) is 0 Å². The Hall–Kier alpha value is -2.31. The van der Waals surface area contributed by atoms with Crippen LogP contribution in [0, 0.1) is 5.82 Å². The van der Waals surface area contributed by atoms with Crippen LogP contribution in [0.2, 0.25) is 0 Å². The van der Waals surface area contributed by atoms with E-state index in [2.05, 4.69) is 20.7 Å². The minimum absolute atomic E-state index is 0.00729. The number of rotatable bonds is 5. The molecule has 1 N–H and O–H groups in total. The molecule has 1 amide bonds. The van der Waals surface area contributed by atoms with Crippen LogP contribution in [0.1, 0.15) is 20.3 Å². The van der Waals surface area contributed by atoms with Crippen LogP contribution in [0.5, 0.6) is 0 Å². The molecule has 20 heavy (non-hydrogen) atoms. The Bertz CT molecular complexity index is 598. The summed E-state index contributed by atoms with van der Waals surface area (Å²) in [5.74, 6) is -0.253. The Labute approximate surface area is 116 Å². The van der Waals surface area contributed by atoms with Crippen molar-refractivity contribution in [1.29, 1.82) is 0 Å². The van der Waals surface area contributed by atoms with E-state index in [0.717, 1.165) is 6.42 Å². The van der Waals surface area contributed by atoms with Crippen molar-refractivity contribution in [2.75, 3.05) is 0 Å². The van der Waals surface area contributed by atoms with Gasteiger partial charge in [-0.25, -0.2) is 4.39 Å². The summed E-state index contributed by atoms with van der Waals surface area (Å²) in [7, 11) is 0. The second kappa shape index (κ2) is 6.23. The Kier molecular flexibility index (Phi) is 4.39. The van der Waals surface area contributed by atoms with Crippen molar-refractivity contribution in [3.05, 3.63) is 30.1 Å². The summed E-state index contributed by atoms with van der Waals surface area (Å²) in [5.41, 5.74) is 0.526. The Morgan fingerprint density at radius 3 is 3.00 bits per heavy atom. The Morgan fingerprint density at radius 1 is 1.50 bits per heavy atom. The summed E-state index contributed by atoms with van der Waals surface area (Å²) in [6.45, 7) is 3.90. The zero-order valence-corrected chi connectivity index (χ0v) is 11.4. The van der Waals surface area contributed by atoms with Crippen molar-refractivity contribution in [3.63, 3.8) is 0 Å². The first-order valence-electron chi connectivity index (χ1n) is 6.41. The van der Waals surface area contributed by atoms with Crippen LogP contribution in [0.15, 0.2) is 24.3 Å². The molecule has 0 spiro atoms. The van der Waals surface area contributed by atoms with Crippen molar-refractivity contribution < 1.29 is 9.18 Å². The van der Waals surface area contributed by atoms with Gasteiger partial charge in [-0.3, -0.25) is 4.79 Å². The molecule has 6 nitrogen and oxygen atoms in total. The predicted octanol–water partition coefficient (Wildman–Crippen LogP) is 1.39. The van der Waals surface area contributed by atoms with Crippen molar-refractivity contribution in [3.8, 4) is 11.4 Å².